The number of hydrogen-bond donors (Lipinski definition) is 0. The molecule has 15 heavy (non-hydrogen) atoms. The Morgan fingerprint density at radius 2 is 2.40 bits per heavy atom. The normalized spacial score (nSPS) is 21.3. The quantitative estimate of drug-likeness (QED) is 0.724. The zero-order chi connectivity index (χ0) is 10.8. The highest BCUT2D eigenvalue weighted by molar-refractivity contribution is 6.22. The Kier molecular flexibility index (Phi) is 2.95. The molecule has 0 aliphatic carbocycles. The van der Waals surface area contributed by atoms with Gasteiger partial charge in [0.25, 0.3) is 0 Å². The van der Waals surface area contributed by atoms with Gasteiger partial charge < -0.3 is 9.47 Å². The maximum Gasteiger partial charge on any atom is 0.224 e. The standard InChI is InChI=1S/C10H14ClN3O/c1-8-12-2-3-13(8)4-5-14-7-9(11)6-10(14)15/h2-3,9H,4-7H2,1H3. The van der Waals surface area contributed by atoms with Gasteiger partial charge in [-0.25, -0.2) is 4.98 Å². The van der Waals surface area contributed by atoms with Crippen LogP contribution >= 0.6 is 11.6 Å². The lowest BCUT2D eigenvalue weighted by Crippen LogP contribution is -2.29. The molecule has 1 unspecified atom stereocenters. The van der Waals surface area contributed by atoms with E-state index in [9.17, 15) is 4.79 Å². The number of nitrogens with zero attached hydrogens (tertiary/aromatic N) is 3. The van der Waals surface area contributed by atoms with E-state index in [4.69, 9.17) is 11.6 Å². The molecule has 2 rings (SSSR count). The molecule has 0 N–H and O–H groups in total. The molecule has 1 aliphatic rings. The van der Waals surface area contributed by atoms with E-state index in [2.05, 4.69) is 4.98 Å². The van der Waals surface area contributed by atoms with E-state index in [1.807, 2.05) is 22.6 Å². The molecule has 1 atom stereocenters. The summed E-state index contributed by atoms with van der Waals surface area (Å²) in [6.07, 6.45) is 4.17. The predicted octanol–water partition coefficient (Wildman–Crippen LogP) is 1.03. The molecule has 1 amide bonds. The van der Waals surface area contributed by atoms with Crippen LogP contribution < -0.4 is 0 Å². The molecule has 5 heteroatoms. The van der Waals surface area contributed by atoms with E-state index in [1.54, 1.807) is 6.20 Å². The Bertz CT molecular complexity index is 363. The first-order chi connectivity index (χ1) is 7.16. The number of rotatable bonds is 3. The topological polar surface area (TPSA) is 38.1 Å². The largest absolute Gasteiger partial charge is 0.339 e. The summed E-state index contributed by atoms with van der Waals surface area (Å²) < 4.78 is 2.04. The fourth-order valence-electron chi connectivity index (χ4n) is 1.81. The predicted molar refractivity (Wildman–Crippen MR) is 57.8 cm³/mol. The second-order valence-electron chi connectivity index (χ2n) is 3.81. The number of hydrogen-bond acceptors (Lipinski definition) is 2. The first-order valence-corrected chi connectivity index (χ1v) is 5.50. The Morgan fingerprint density at radius 1 is 1.60 bits per heavy atom. The summed E-state index contributed by atoms with van der Waals surface area (Å²) >= 11 is 5.91. The average Bonchev–Trinajstić information content (AvgIpc) is 2.70. The van der Waals surface area contributed by atoms with Gasteiger partial charge in [-0.05, 0) is 6.92 Å². The number of carbonyl (C=O) groups is 1. The summed E-state index contributed by atoms with van der Waals surface area (Å²) in [5, 5.41) is -0.0126. The Hall–Kier alpha value is -1.03. The first-order valence-electron chi connectivity index (χ1n) is 5.06. The molecule has 1 aliphatic heterocycles. The van der Waals surface area contributed by atoms with Crippen LogP contribution in [0.3, 0.4) is 0 Å². The van der Waals surface area contributed by atoms with Crippen LogP contribution in [0.15, 0.2) is 12.4 Å². The summed E-state index contributed by atoms with van der Waals surface area (Å²) in [7, 11) is 0. The Balaban J connectivity index is 1.89. The van der Waals surface area contributed by atoms with Gasteiger partial charge in [0.1, 0.15) is 5.82 Å². The zero-order valence-electron chi connectivity index (χ0n) is 8.69. The molecular formula is C10H14ClN3O. The molecule has 1 aromatic rings. The second-order valence-corrected chi connectivity index (χ2v) is 4.43. The maximum atomic E-state index is 11.4. The molecule has 1 saturated heterocycles. The number of imidazole rings is 1. The number of alkyl halides is 1. The summed E-state index contributed by atoms with van der Waals surface area (Å²) in [6, 6.07) is 0. The van der Waals surface area contributed by atoms with Gasteiger partial charge in [0, 0.05) is 38.4 Å². The van der Waals surface area contributed by atoms with Crippen molar-refractivity contribution in [3.8, 4) is 0 Å². The minimum atomic E-state index is -0.0126. The summed E-state index contributed by atoms with van der Waals surface area (Å²) in [4.78, 5) is 17.4. The van der Waals surface area contributed by atoms with E-state index in [0.29, 0.717) is 13.0 Å². The average molecular weight is 228 g/mol. The lowest BCUT2D eigenvalue weighted by Gasteiger charge is -2.16. The minimum Gasteiger partial charge on any atom is -0.339 e. The summed E-state index contributed by atoms with van der Waals surface area (Å²) in [6.45, 7) is 4.14. The molecule has 4 nitrogen and oxygen atoms in total. The number of aryl methyl sites for hydroxylation is 1. The van der Waals surface area contributed by atoms with E-state index >= 15 is 0 Å². The number of amides is 1. The van der Waals surface area contributed by atoms with Gasteiger partial charge >= 0.3 is 0 Å². The monoisotopic (exact) mass is 227 g/mol. The Labute approximate surface area is 93.8 Å². The Morgan fingerprint density at radius 3 is 2.93 bits per heavy atom. The summed E-state index contributed by atoms with van der Waals surface area (Å²) in [5.74, 6) is 1.14. The van der Waals surface area contributed by atoms with Crippen LogP contribution in [0.5, 0.6) is 0 Å². The lowest BCUT2D eigenvalue weighted by atomic mass is 10.4. The fourth-order valence-corrected chi connectivity index (χ4v) is 2.11. The van der Waals surface area contributed by atoms with E-state index in [1.165, 1.54) is 0 Å². The van der Waals surface area contributed by atoms with E-state index < -0.39 is 0 Å². The first kappa shape index (κ1) is 10.5. The number of likely N-dealkylation sites (tertiary alicyclic amines) is 1. The molecule has 0 radical (unpaired) electrons. The lowest BCUT2D eigenvalue weighted by molar-refractivity contribution is -0.127. The third kappa shape index (κ3) is 2.31. The van der Waals surface area contributed by atoms with Crippen molar-refractivity contribution in [3.05, 3.63) is 18.2 Å². The van der Waals surface area contributed by atoms with Crippen LogP contribution in [0.25, 0.3) is 0 Å². The fraction of sp³-hybridized carbons (Fsp3) is 0.600. The van der Waals surface area contributed by atoms with Crippen LogP contribution in [-0.4, -0.2) is 38.8 Å². The van der Waals surface area contributed by atoms with E-state index in [0.717, 1.165) is 18.9 Å². The van der Waals surface area contributed by atoms with Crippen molar-refractivity contribution in [1.82, 2.24) is 14.5 Å². The molecule has 1 aromatic heterocycles. The molecule has 1 fully saturated rings. The van der Waals surface area contributed by atoms with Crippen LogP contribution in [-0.2, 0) is 11.3 Å². The zero-order valence-corrected chi connectivity index (χ0v) is 9.44. The summed E-state index contributed by atoms with van der Waals surface area (Å²) in [5.41, 5.74) is 0. The van der Waals surface area contributed by atoms with Crippen molar-refractivity contribution in [2.45, 2.75) is 25.3 Å². The highest BCUT2D eigenvalue weighted by Gasteiger charge is 2.27. The number of halogens is 1. The van der Waals surface area contributed by atoms with Gasteiger partial charge in [-0.2, -0.15) is 0 Å². The van der Waals surface area contributed by atoms with Gasteiger partial charge in [0.2, 0.25) is 5.91 Å². The van der Waals surface area contributed by atoms with Crippen LogP contribution in [0.2, 0.25) is 0 Å². The van der Waals surface area contributed by atoms with Crippen molar-refractivity contribution in [3.63, 3.8) is 0 Å². The van der Waals surface area contributed by atoms with Gasteiger partial charge in [-0.15, -0.1) is 11.6 Å². The molecule has 2 heterocycles. The highest BCUT2D eigenvalue weighted by atomic mass is 35.5. The molecule has 82 valence electrons. The highest BCUT2D eigenvalue weighted by Crippen LogP contribution is 2.15. The number of carbonyl (C=O) groups excluding carboxylic acids is 1. The smallest absolute Gasteiger partial charge is 0.224 e. The molecule has 0 aromatic carbocycles. The maximum absolute atomic E-state index is 11.4. The van der Waals surface area contributed by atoms with Crippen LogP contribution in [0, 0.1) is 6.92 Å². The van der Waals surface area contributed by atoms with Crippen molar-refractivity contribution >= 4 is 17.5 Å². The van der Waals surface area contributed by atoms with Gasteiger partial charge in [-0.1, -0.05) is 0 Å². The van der Waals surface area contributed by atoms with Gasteiger partial charge in [0.05, 0.1) is 5.38 Å². The SMILES string of the molecule is Cc1nccn1CCN1CC(Cl)CC1=O. The van der Waals surface area contributed by atoms with Crippen molar-refractivity contribution < 1.29 is 4.79 Å². The van der Waals surface area contributed by atoms with Crippen molar-refractivity contribution in [1.29, 1.82) is 0 Å². The molecule has 0 spiro atoms. The van der Waals surface area contributed by atoms with Crippen molar-refractivity contribution in [2.75, 3.05) is 13.1 Å². The second kappa shape index (κ2) is 4.23. The van der Waals surface area contributed by atoms with E-state index in [-0.39, 0.29) is 11.3 Å². The van der Waals surface area contributed by atoms with Gasteiger partial charge in [0.15, 0.2) is 0 Å². The number of aromatic nitrogens is 2. The third-order valence-corrected chi connectivity index (χ3v) is 2.99. The van der Waals surface area contributed by atoms with Gasteiger partial charge in [-0.3, -0.25) is 4.79 Å². The minimum absolute atomic E-state index is 0.0126. The van der Waals surface area contributed by atoms with Crippen LogP contribution in [0.4, 0.5) is 0 Å². The molecular weight excluding hydrogens is 214 g/mol. The van der Waals surface area contributed by atoms with Crippen molar-refractivity contribution in [2.24, 2.45) is 0 Å². The molecule has 0 bridgehead atoms. The molecule has 0 saturated carbocycles. The van der Waals surface area contributed by atoms with Crippen LogP contribution in [0.1, 0.15) is 12.2 Å². The third-order valence-electron chi connectivity index (χ3n) is 2.70.